The third-order valence-electron chi connectivity index (χ3n) is 3.97. The molecule has 102 valence electrons. The standard InChI is InChI=1S/C15H19NO3/c1-11(12-6-4-3-5-7-12)13(17)16-9-8-15(2,10-16)14(18)19/h3-7,11H,8-10H2,1-2H3,(H,18,19). The van der Waals surface area contributed by atoms with Crippen LogP contribution in [0.25, 0.3) is 0 Å². The number of likely N-dealkylation sites (tertiary alicyclic amines) is 1. The Bertz CT molecular complexity index is 485. The van der Waals surface area contributed by atoms with Crippen molar-refractivity contribution in [1.29, 1.82) is 0 Å². The molecule has 0 radical (unpaired) electrons. The van der Waals surface area contributed by atoms with Crippen molar-refractivity contribution >= 4 is 11.9 Å². The molecule has 1 fully saturated rings. The van der Waals surface area contributed by atoms with Gasteiger partial charge in [0.25, 0.3) is 0 Å². The lowest BCUT2D eigenvalue weighted by atomic mass is 9.90. The van der Waals surface area contributed by atoms with Crippen LogP contribution >= 0.6 is 0 Å². The van der Waals surface area contributed by atoms with Gasteiger partial charge >= 0.3 is 5.97 Å². The topological polar surface area (TPSA) is 57.6 Å². The maximum Gasteiger partial charge on any atom is 0.311 e. The molecule has 1 saturated heterocycles. The molecular weight excluding hydrogens is 242 g/mol. The van der Waals surface area contributed by atoms with Crippen LogP contribution in [-0.4, -0.2) is 35.0 Å². The third kappa shape index (κ3) is 2.62. The number of benzene rings is 1. The monoisotopic (exact) mass is 261 g/mol. The summed E-state index contributed by atoms with van der Waals surface area (Å²) in [6.45, 7) is 4.40. The van der Waals surface area contributed by atoms with Gasteiger partial charge in [-0.1, -0.05) is 30.3 Å². The van der Waals surface area contributed by atoms with Gasteiger partial charge in [-0.3, -0.25) is 9.59 Å². The molecule has 0 spiro atoms. The first-order chi connectivity index (χ1) is 8.94. The Morgan fingerprint density at radius 1 is 1.32 bits per heavy atom. The van der Waals surface area contributed by atoms with Gasteiger partial charge in [-0.05, 0) is 25.8 Å². The number of carboxylic acids is 1. The van der Waals surface area contributed by atoms with E-state index in [1.807, 2.05) is 37.3 Å². The number of carbonyl (C=O) groups excluding carboxylic acids is 1. The minimum atomic E-state index is -0.824. The van der Waals surface area contributed by atoms with E-state index in [1.165, 1.54) is 0 Å². The third-order valence-corrected chi connectivity index (χ3v) is 3.97. The number of hydrogen-bond donors (Lipinski definition) is 1. The quantitative estimate of drug-likeness (QED) is 0.906. The summed E-state index contributed by atoms with van der Waals surface area (Å²) in [5.74, 6) is -1.04. The SMILES string of the molecule is CC(C(=O)N1CCC(C)(C(=O)O)C1)c1ccccc1. The minimum Gasteiger partial charge on any atom is -0.481 e. The smallest absolute Gasteiger partial charge is 0.311 e. The molecule has 1 heterocycles. The summed E-state index contributed by atoms with van der Waals surface area (Å²) in [6.07, 6.45) is 0.523. The Kier molecular flexibility index (Phi) is 3.60. The van der Waals surface area contributed by atoms with Crippen LogP contribution in [0.3, 0.4) is 0 Å². The van der Waals surface area contributed by atoms with Crippen molar-refractivity contribution in [2.24, 2.45) is 5.41 Å². The molecule has 1 aromatic carbocycles. The van der Waals surface area contributed by atoms with Crippen LogP contribution in [0.5, 0.6) is 0 Å². The summed E-state index contributed by atoms with van der Waals surface area (Å²) in [7, 11) is 0. The molecule has 2 atom stereocenters. The number of carboxylic acid groups (broad SMARTS) is 1. The highest BCUT2D eigenvalue weighted by Gasteiger charge is 2.42. The first-order valence-electron chi connectivity index (χ1n) is 6.51. The van der Waals surface area contributed by atoms with Crippen molar-refractivity contribution in [3.8, 4) is 0 Å². The van der Waals surface area contributed by atoms with E-state index in [9.17, 15) is 14.7 Å². The fourth-order valence-corrected chi connectivity index (χ4v) is 2.48. The Morgan fingerprint density at radius 2 is 1.95 bits per heavy atom. The van der Waals surface area contributed by atoms with E-state index in [0.717, 1.165) is 5.56 Å². The lowest BCUT2D eigenvalue weighted by Crippen LogP contribution is -2.36. The van der Waals surface area contributed by atoms with Crippen LogP contribution in [0, 0.1) is 5.41 Å². The van der Waals surface area contributed by atoms with Crippen LogP contribution in [0.2, 0.25) is 0 Å². The molecule has 0 bridgehead atoms. The molecule has 1 N–H and O–H groups in total. The summed E-state index contributed by atoms with van der Waals surface area (Å²) < 4.78 is 0. The van der Waals surface area contributed by atoms with E-state index in [4.69, 9.17) is 0 Å². The van der Waals surface area contributed by atoms with Gasteiger partial charge in [0, 0.05) is 13.1 Å². The first-order valence-corrected chi connectivity index (χ1v) is 6.51. The Labute approximate surface area is 113 Å². The normalized spacial score (nSPS) is 24.2. The van der Waals surface area contributed by atoms with Gasteiger partial charge in [-0.2, -0.15) is 0 Å². The number of nitrogens with zero attached hydrogens (tertiary/aromatic N) is 1. The van der Waals surface area contributed by atoms with Crippen molar-refractivity contribution < 1.29 is 14.7 Å². The number of carbonyl (C=O) groups is 2. The summed E-state index contributed by atoms with van der Waals surface area (Å²) in [4.78, 5) is 25.3. The summed E-state index contributed by atoms with van der Waals surface area (Å²) in [5.41, 5.74) is 0.169. The second-order valence-electron chi connectivity index (χ2n) is 5.51. The first kappa shape index (κ1) is 13.6. The number of rotatable bonds is 3. The summed E-state index contributed by atoms with van der Waals surface area (Å²) in [6, 6.07) is 9.58. The molecule has 1 aliphatic heterocycles. The lowest BCUT2D eigenvalue weighted by molar-refractivity contribution is -0.147. The van der Waals surface area contributed by atoms with Crippen LogP contribution in [-0.2, 0) is 9.59 Å². The highest BCUT2D eigenvalue weighted by atomic mass is 16.4. The second-order valence-corrected chi connectivity index (χ2v) is 5.51. The van der Waals surface area contributed by atoms with Gasteiger partial charge < -0.3 is 10.0 Å². The predicted molar refractivity (Wildman–Crippen MR) is 71.8 cm³/mol. The fraction of sp³-hybridized carbons (Fsp3) is 0.467. The summed E-state index contributed by atoms with van der Waals surface area (Å²) >= 11 is 0. The van der Waals surface area contributed by atoms with Crippen LogP contribution < -0.4 is 0 Å². The zero-order chi connectivity index (χ0) is 14.0. The average Bonchev–Trinajstić information content (AvgIpc) is 2.82. The lowest BCUT2D eigenvalue weighted by Gasteiger charge is -2.23. The van der Waals surface area contributed by atoms with Gasteiger partial charge in [0.1, 0.15) is 0 Å². The highest BCUT2D eigenvalue weighted by Crippen LogP contribution is 2.32. The Balaban J connectivity index is 2.08. The molecular formula is C15H19NO3. The number of amides is 1. The van der Waals surface area contributed by atoms with Crippen molar-refractivity contribution in [2.75, 3.05) is 13.1 Å². The van der Waals surface area contributed by atoms with Crippen LogP contribution in [0.4, 0.5) is 0 Å². The molecule has 1 aliphatic rings. The van der Waals surface area contributed by atoms with E-state index in [-0.39, 0.29) is 11.8 Å². The molecule has 1 aromatic rings. The largest absolute Gasteiger partial charge is 0.481 e. The molecule has 2 unspecified atom stereocenters. The van der Waals surface area contributed by atoms with Gasteiger partial charge in [0.2, 0.25) is 5.91 Å². The molecule has 0 aliphatic carbocycles. The molecule has 19 heavy (non-hydrogen) atoms. The molecule has 0 saturated carbocycles. The maximum absolute atomic E-state index is 12.4. The average molecular weight is 261 g/mol. The van der Waals surface area contributed by atoms with E-state index < -0.39 is 11.4 Å². The van der Waals surface area contributed by atoms with Crippen LogP contribution in [0.1, 0.15) is 31.7 Å². The molecule has 1 amide bonds. The fourth-order valence-electron chi connectivity index (χ4n) is 2.48. The van der Waals surface area contributed by atoms with E-state index >= 15 is 0 Å². The van der Waals surface area contributed by atoms with Crippen molar-refractivity contribution in [2.45, 2.75) is 26.2 Å². The number of hydrogen-bond acceptors (Lipinski definition) is 2. The molecule has 4 nitrogen and oxygen atoms in total. The predicted octanol–water partition coefficient (Wildman–Crippen LogP) is 2.11. The highest BCUT2D eigenvalue weighted by molar-refractivity contribution is 5.85. The maximum atomic E-state index is 12.4. The van der Waals surface area contributed by atoms with Gasteiger partial charge in [-0.25, -0.2) is 0 Å². The van der Waals surface area contributed by atoms with Gasteiger partial charge in [0.15, 0.2) is 0 Å². The Hall–Kier alpha value is -1.84. The van der Waals surface area contributed by atoms with Crippen molar-refractivity contribution in [1.82, 2.24) is 4.90 Å². The van der Waals surface area contributed by atoms with E-state index in [0.29, 0.717) is 19.5 Å². The zero-order valence-corrected chi connectivity index (χ0v) is 11.3. The second kappa shape index (κ2) is 5.03. The van der Waals surface area contributed by atoms with E-state index in [2.05, 4.69) is 0 Å². The molecule has 0 aromatic heterocycles. The van der Waals surface area contributed by atoms with Crippen molar-refractivity contribution in [3.05, 3.63) is 35.9 Å². The van der Waals surface area contributed by atoms with Crippen molar-refractivity contribution in [3.63, 3.8) is 0 Å². The summed E-state index contributed by atoms with van der Waals surface area (Å²) in [5, 5.41) is 9.19. The Morgan fingerprint density at radius 3 is 2.47 bits per heavy atom. The minimum absolute atomic E-state index is 0.0103. The zero-order valence-electron chi connectivity index (χ0n) is 11.3. The molecule has 4 heteroatoms. The van der Waals surface area contributed by atoms with Crippen LogP contribution in [0.15, 0.2) is 30.3 Å². The molecule has 2 rings (SSSR count). The van der Waals surface area contributed by atoms with E-state index in [1.54, 1.807) is 11.8 Å². The number of aliphatic carboxylic acids is 1. The van der Waals surface area contributed by atoms with Gasteiger partial charge in [-0.15, -0.1) is 0 Å². The van der Waals surface area contributed by atoms with Gasteiger partial charge in [0.05, 0.1) is 11.3 Å².